The van der Waals surface area contributed by atoms with E-state index in [1.807, 2.05) is 6.07 Å². The number of hydrogen-bond donors (Lipinski definition) is 2. The molecule has 9 nitrogen and oxygen atoms in total. The summed E-state index contributed by atoms with van der Waals surface area (Å²) in [5.74, 6) is 0.491. The van der Waals surface area contributed by atoms with Crippen LogP contribution in [0.5, 0.6) is 0 Å². The van der Waals surface area contributed by atoms with Gasteiger partial charge in [0.2, 0.25) is 16.0 Å². The number of nitrogens with one attached hydrogen (secondary N) is 2. The maximum atomic E-state index is 12.7. The second-order valence-corrected chi connectivity index (χ2v) is 9.16. The Labute approximate surface area is 175 Å². The van der Waals surface area contributed by atoms with Gasteiger partial charge in [0.15, 0.2) is 5.82 Å². The number of carbonyl (C=O) groups excluding carboxylic acids is 1. The molecule has 2 aromatic heterocycles. The Bertz CT molecular complexity index is 1180. The van der Waals surface area contributed by atoms with Crippen molar-refractivity contribution < 1.29 is 13.2 Å². The Balaban J connectivity index is 1.82. The van der Waals surface area contributed by atoms with Gasteiger partial charge in [-0.05, 0) is 63.6 Å². The molecule has 156 valence electrons. The van der Waals surface area contributed by atoms with E-state index in [0.717, 1.165) is 0 Å². The predicted octanol–water partition coefficient (Wildman–Crippen LogP) is 2.95. The molecule has 0 bridgehead atoms. The zero-order valence-corrected chi connectivity index (χ0v) is 17.9. The van der Waals surface area contributed by atoms with Crippen LogP contribution in [0.4, 0.5) is 11.6 Å². The highest BCUT2D eigenvalue weighted by Crippen LogP contribution is 2.19. The summed E-state index contributed by atoms with van der Waals surface area (Å²) in [4.78, 5) is 29.6. The molecule has 0 atom stereocenters. The van der Waals surface area contributed by atoms with Crippen molar-refractivity contribution in [1.29, 1.82) is 0 Å². The summed E-state index contributed by atoms with van der Waals surface area (Å²) in [7, 11) is -3.47. The van der Waals surface area contributed by atoms with E-state index in [0.29, 0.717) is 34.2 Å². The van der Waals surface area contributed by atoms with Gasteiger partial charge in [0.05, 0.1) is 5.25 Å². The van der Waals surface area contributed by atoms with Gasteiger partial charge >= 0.3 is 0 Å². The number of amides is 1. The third-order valence-corrected chi connectivity index (χ3v) is 5.98. The van der Waals surface area contributed by atoms with E-state index in [4.69, 9.17) is 0 Å². The first-order chi connectivity index (χ1) is 14.2. The Kier molecular flexibility index (Phi) is 6.06. The number of rotatable bonds is 6. The molecular formula is C20H22N6O3S. The van der Waals surface area contributed by atoms with Crippen molar-refractivity contribution in [3.05, 3.63) is 59.5 Å². The molecule has 30 heavy (non-hydrogen) atoms. The van der Waals surface area contributed by atoms with Gasteiger partial charge in [-0.3, -0.25) is 19.8 Å². The minimum atomic E-state index is -3.47. The van der Waals surface area contributed by atoms with Crippen LogP contribution in [0.1, 0.15) is 35.6 Å². The van der Waals surface area contributed by atoms with E-state index in [1.54, 1.807) is 64.2 Å². The normalized spacial score (nSPS) is 11.4. The number of carbonyl (C=O) groups is 1. The number of hydrogen-bond acceptors (Lipinski definition) is 7. The average Bonchev–Trinajstić information content (AvgIpc) is 2.67. The number of aromatic nitrogens is 4. The molecule has 3 rings (SSSR count). The molecular weight excluding hydrogens is 404 g/mol. The Hall–Kier alpha value is -3.40. The molecule has 2 N–H and O–H groups in total. The van der Waals surface area contributed by atoms with Crippen LogP contribution in [0.15, 0.2) is 42.6 Å². The molecule has 3 aromatic rings. The first-order valence-electron chi connectivity index (χ1n) is 9.23. The first-order valence-corrected chi connectivity index (χ1v) is 10.8. The van der Waals surface area contributed by atoms with Crippen molar-refractivity contribution >= 4 is 27.6 Å². The summed E-state index contributed by atoms with van der Waals surface area (Å²) in [6, 6.07) is 10.1. The highest BCUT2D eigenvalue weighted by molar-refractivity contribution is 7.93. The first kappa shape index (κ1) is 21.3. The van der Waals surface area contributed by atoms with E-state index in [2.05, 4.69) is 30.0 Å². The number of aryl methyl sites for hydroxylation is 2. The van der Waals surface area contributed by atoms with Gasteiger partial charge in [0.1, 0.15) is 11.5 Å². The molecule has 0 unspecified atom stereocenters. The highest BCUT2D eigenvalue weighted by atomic mass is 32.2. The lowest BCUT2D eigenvalue weighted by molar-refractivity contribution is 0.102. The summed E-state index contributed by atoms with van der Waals surface area (Å²) >= 11 is 0. The fourth-order valence-electron chi connectivity index (χ4n) is 2.58. The van der Waals surface area contributed by atoms with Crippen LogP contribution in [0.25, 0.3) is 11.5 Å². The van der Waals surface area contributed by atoms with E-state index in [9.17, 15) is 13.2 Å². The second kappa shape index (κ2) is 8.54. The van der Waals surface area contributed by atoms with Crippen LogP contribution in [0, 0.1) is 13.8 Å². The van der Waals surface area contributed by atoms with E-state index >= 15 is 0 Å². The number of pyridine rings is 1. The third-order valence-electron chi connectivity index (χ3n) is 4.22. The lowest BCUT2D eigenvalue weighted by Crippen LogP contribution is -2.22. The van der Waals surface area contributed by atoms with Crippen molar-refractivity contribution in [3.8, 4) is 11.5 Å². The second-order valence-electron chi connectivity index (χ2n) is 6.92. The number of benzene rings is 1. The molecule has 0 saturated carbocycles. The Morgan fingerprint density at radius 3 is 2.43 bits per heavy atom. The van der Waals surface area contributed by atoms with E-state index in [-0.39, 0.29) is 5.95 Å². The van der Waals surface area contributed by atoms with Gasteiger partial charge in [-0.15, -0.1) is 0 Å². The number of nitrogens with zero attached hydrogens (tertiary/aromatic N) is 4. The van der Waals surface area contributed by atoms with Gasteiger partial charge in [0, 0.05) is 17.4 Å². The minimum absolute atomic E-state index is 0.108. The molecule has 0 aliphatic rings. The summed E-state index contributed by atoms with van der Waals surface area (Å²) in [6.45, 7) is 6.60. The lowest BCUT2D eigenvalue weighted by Gasteiger charge is -2.13. The smallest absolute Gasteiger partial charge is 0.258 e. The highest BCUT2D eigenvalue weighted by Gasteiger charge is 2.18. The largest absolute Gasteiger partial charge is 0.290 e. The van der Waals surface area contributed by atoms with Crippen molar-refractivity contribution in [2.75, 3.05) is 10.0 Å². The van der Waals surface area contributed by atoms with Crippen molar-refractivity contribution in [2.45, 2.75) is 32.9 Å². The molecule has 0 fully saturated rings. The van der Waals surface area contributed by atoms with Crippen molar-refractivity contribution in [3.63, 3.8) is 0 Å². The van der Waals surface area contributed by atoms with Gasteiger partial charge in [-0.2, -0.15) is 9.97 Å². The van der Waals surface area contributed by atoms with Crippen LogP contribution in [-0.2, 0) is 10.0 Å². The Morgan fingerprint density at radius 1 is 1.03 bits per heavy atom. The molecule has 1 amide bonds. The third kappa shape index (κ3) is 4.95. The molecule has 0 spiro atoms. The lowest BCUT2D eigenvalue weighted by atomic mass is 10.1. The van der Waals surface area contributed by atoms with Gasteiger partial charge in [-0.25, -0.2) is 13.4 Å². The van der Waals surface area contributed by atoms with E-state index in [1.165, 1.54) is 0 Å². The molecule has 0 aliphatic carbocycles. The quantitative estimate of drug-likeness (QED) is 0.620. The van der Waals surface area contributed by atoms with Crippen molar-refractivity contribution in [1.82, 2.24) is 19.9 Å². The SMILES string of the molecule is Cc1nc(NC(=O)c2ccc(NS(=O)(=O)C(C)C)cc2C)nc(-c2ccccn2)n1. The van der Waals surface area contributed by atoms with Gasteiger partial charge in [-0.1, -0.05) is 6.07 Å². The maximum absolute atomic E-state index is 12.7. The zero-order chi connectivity index (χ0) is 21.9. The van der Waals surface area contributed by atoms with Crippen LogP contribution in [0.3, 0.4) is 0 Å². The monoisotopic (exact) mass is 426 g/mol. The van der Waals surface area contributed by atoms with Crippen LogP contribution in [0.2, 0.25) is 0 Å². The fourth-order valence-corrected chi connectivity index (χ4v) is 3.27. The van der Waals surface area contributed by atoms with Crippen LogP contribution in [-0.4, -0.2) is 39.5 Å². The number of sulfonamides is 1. The summed E-state index contributed by atoms with van der Waals surface area (Å²) in [5.41, 5.74) is 1.94. The number of anilines is 2. The standard InChI is InChI=1S/C20H22N6O3S/c1-12(2)30(28,29)26-15-8-9-16(13(3)11-15)19(27)25-20-23-14(4)22-18(24-20)17-7-5-6-10-21-17/h5-12,26H,1-4H3,(H,22,23,24,25,27). The van der Waals surface area contributed by atoms with Gasteiger partial charge < -0.3 is 0 Å². The molecule has 10 heteroatoms. The Morgan fingerprint density at radius 2 is 1.80 bits per heavy atom. The van der Waals surface area contributed by atoms with Gasteiger partial charge in [0.25, 0.3) is 5.91 Å². The molecule has 0 radical (unpaired) electrons. The molecule has 2 heterocycles. The summed E-state index contributed by atoms with van der Waals surface area (Å²) < 4.78 is 26.6. The molecule has 1 aromatic carbocycles. The summed E-state index contributed by atoms with van der Waals surface area (Å²) in [5, 5.41) is 2.10. The van der Waals surface area contributed by atoms with E-state index < -0.39 is 21.2 Å². The maximum Gasteiger partial charge on any atom is 0.258 e. The van der Waals surface area contributed by atoms with Crippen LogP contribution < -0.4 is 10.0 Å². The summed E-state index contributed by atoms with van der Waals surface area (Å²) in [6.07, 6.45) is 1.63. The topological polar surface area (TPSA) is 127 Å². The van der Waals surface area contributed by atoms with Crippen molar-refractivity contribution in [2.24, 2.45) is 0 Å². The zero-order valence-electron chi connectivity index (χ0n) is 17.0. The predicted molar refractivity (Wildman–Crippen MR) is 115 cm³/mol. The fraction of sp³-hybridized carbons (Fsp3) is 0.250. The van der Waals surface area contributed by atoms with Crippen LogP contribution >= 0.6 is 0 Å². The minimum Gasteiger partial charge on any atom is -0.290 e. The molecule has 0 saturated heterocycles. The molecule has 0 aliphatic heterocycles. The average molecular weight is 427 g/mol.